The van der Waals surface area contributed by atoms with Crippen LogP contribution in [-0.4, -0.2) is 36.4 Å². The Morgan fingerprint density at radius 3 is 1.85 bits per heavy atom. The summed E-state index contributed by atoms with van der Waals surface area (Å²) in [5.41, 5.74) is 9.01. The highest BCUT2D eigenvalue weighted by Gasteiger charge is 2.32. The first kappa shape index (κ1) is 30.5. The molecule has 0 aliphatic carbocycles. The van der Waals surface area contributed by atoms with Crippen LogP contribution in [0, 0.1) is 0 Å². The molecular weight excluding hydrogens is 637 g/mol. The third kappa shape index (κ3) is 7.24. The maximum Gasteiger partial charge on any atom is 0.338 e. The number of nitrogens with zero attached hydrogens (tertiary/aromatic N) is 3. The Labute approximate surface area is 260 Å². The van der Waals surface area contributed by atoms with Crippen LogP contribution in [0.5, 0.6) is 0 Å². The summed E-state index contributed by atoms with van der Waals surface area (Å²) in [7, 11) is 0. The van der Waals surface area contributed by atoms with Crippen molar-refractivity contribution in [1.29, 1.82) is 0 Å². The second kappa shape index (κ2) is 12.6. The average Bonchev–Trinajstić information content (AvgIpc) is 3.23. The molecule has 4 rings (SSSR count). The largest absolute Gasteiger partial charge is 0.462 e. The lowest BCUT2D eigenvalue weighted by atomic mass is 10.1. The van der Waals surface area contributed by atoms with Crippen molar-refractivity contribution in [2.24, 2.45) is 15.7 Å². The molecule has 0 aliphatic rings. The van der Waals surface area contributed by atoms with Crippen LogP contribution in [0.2, 0.25) is 0 Å². The Hall–Kier alpha value is -2.45. The van der Waals surface area contributed by atoms with E-state index in [2.05, 4.69) is 45.4 Å². The van der Waals surface area contributed by atoms with Crippen molar-refractivity contribution in [1.82, 2.24) is 4.57 Å². The van der Waals surface area contributed by atoms with E-state index in [1.165, 1.54) is 10.8 Å². The van der Waals surface area contributed by atoms with E-state index in [0.717, 1.165) is 11.0 Å². The first-order valence-corrected chi connectivity index (χ1v) is 14.1. The number of halogens is 6. The summed E-state index contributed by atoms with van der Waals surface area (Å²) in [6.07, 6.45) is 0.648. The van der Waals surface area contributed by atoms with Gasteiger partial charge in [0.2, 0.25) is 7.59 Å². The van der Waals surface area contributed by atoms with Gasteiger partial charge in [0, 0.05) is 28.4 Å². The number of nitrogens with two attached hydrogens (primary N) is 1. The molecule has 0 bridgehead atoms. The third-order valence-electron chi connectivity index (χ3n) is 5.90. The maximum atomic E-state index is 12.6. The van der Waals surface area contributed by atoms with Gasteiger partial charge in [-0.3, -0.25) is 0 Å². The first-order valence-electron chi connectivity index (χ1n) is 11.9. The van der Waals surface area contributed by atoms with E-state index >= 15 is 0 Å². The van der Waals surface area contributed by atoms with Crippen LogP contribution in [0.1, 0.15) is 22.3 Å². The molecule has 0 saturated heterocycles. The van der Waals surface area contributed by atoms with E-state index in [9.17, 15) is 4.79 Å². The molecule has 12 heteroatoms. The predicted molar refractivity (Wildman–Crippen MR) is 169 cm³/mol. The molecule has 0 aliphatic heterocycles. The molecule has 0 unspecified atom stereocenters. The fraction of sp³-hybridized carbons (Fsp3) is 0.179. The Bertz CT molecular complexity index is 1560. The fourth-order valence-electron chi connectivity index (χ4n) is 4.04. The van der Waals surface area contributed by atoms with Crippen molar-refractivity contribution in [3.8, 4) is 0 Å². The molecule has 0 radical (unpaired) electrons. The van der Waals surface area contributed by atoms with E-state index in [0.29, 0.717) is 24.1 Å². The quantitative estimate of drug-likeness (QED) is 0.0711. The van der Waals surface area contributed by atoms with Gasteiger partial charge in [-0.2, -0.15) is 0 Å². The number of aliphatic imine (C=N–C) groups is 2. The Morgan fingerprint density at radius 1 is 0.800 bits per heavy atom. The van der Waals surface area contributed by atoms with Crippen molar-refractivity contribution in [3.05, 3.63) is 90.5 Å². The summed E-state index contributed by atoms with van der Waals surface area (Å²) in [4.78, 5) is 20.6. The number of ether oxygens (including phenoxy) is 1. The number of esters is 1. The molecule has 1 heterocycles. The number of alkyl halides is 6. The molecule has 0 atom stereocenters. The zero-order valence-corrected chi connectivity index (χ0v) is 25.3. The van der Waals surface area contributed by atoms with Crippen LogP contribution in [0.4, 0.5) is 0 Å². The van der Waals surface area contributed by atoms with E-state index in [4.69, 9.17) is 80.1 Å². The first-order chi connectivity index (χ1) is 18.9. The van der Waals surface area contributed by atoms with Crippen LogP contribution < -0.4 is 5.73 Å². The zero-order valence-electron chi connectivity index (χ0n) is 20.8. The van der Waals surface area contributed by atoms with Crippen LogP contribution >= 0.6 is 69.6 Å². The SMILES string of the molecule is C=C(N=C(N=C(N)C(Cl)(Cl)Cl)C(Cl)(Cl)Cl)c1ccc(C(=O)OCCCn2c3ccccc3c3ccccc32)cc1. The molecule has 40 heavy (non-hydrogen) atoms. The normalized spacial score (nSPS) is 13.2. The van der Waals surface area contributed by atoms with Crippen molar-refractivity contribution in [2.45, 2.75) is 20.6 Å². The smallest absolute Gasteiger partial charge is 0.338 e. The highest BCUT2D eigenvalue weighted by Crippen LogP contribution is 2.33. The van der Waals surface area contributed by atoms with Crippen LogP contribution in [0.15, 0.2) is 89.4 Å². The Balaban J connectivity index is 1.39. The number of para-hydroxylation sites is 2. The highest BCUT2D eigenvalue weighted by atomic mass is 35.6. The summed E-state index contributed by atoms with van der Waals surface area (Å²) in [6, 6.07) is 22.9. The highest BCUT2D eigenvalue weighted by molar-refractivity contribution is 6.78. The van der Waals surface area contributed by atoms with Gasteiger partial charge >= 0.3 is 5.97 Å². The second-order valence-electron chi connectivity index (χ2n) is 8.63. The van der Waals surface area contributed by atoms with E-state index in [-0.39, 0.29) is 18.1 Å². The zero-order chi connectivity index (χ0) is 29.1. The molecule has 3 aromatic carbocycles. The fourth-order valence-corrected chi connectivity index (χ4v) is 4.42. The van der Waals surface area contributed by atoms with Crippen LogP contribution in [-0.2, 0) is 11.3 Å². The number of aromatic nitrogens is 1. The van der Waals surface area contributed by atoms with Crippen molar-refractivity contribution in [2.75, 3.05) is 6.61 Å². The minimum absolute atomic E-state index is 0.174. The molecule has 2 N–H and O–H groups in total. The standard InChI is InChI=1S/C28H22Cl6N4O2/c1-17(36-26(28(32,33)34)37-25(35)27(29,30)31)18-11-13-19(14-12-18)24(39)40-16-6-15-38-22-9-4-2-7-20(22)21-8-3-5-10-23(21)38/h2-5,7-14H,1,6,15-16H2,(H2,35,36,37). The van der Waals surface area contributed by atoms with Crippen LogP contribution in [0.25, 0.3) is 27.5 Å². The lowest BCUT2D eigenvalue weighted by Crippen LogP contribution is -2.31. The molecule has 208 valence electrons. The summed E-state index contributed by atoms with van der Waals surface area (Å²) >= 11 is 35.0. The number of hydrogen-bond acceptors (Lipinski definition) is 3. The van der Waals surface area contributed by atoms with Crippen molar-refractivity contribution < 1.29 is 9.53 Å². The minimum atomic E-state index is -2.08. The summed E-state index contributed by atoms with van der Waals surface area (Å²) in [5, 5.41) is 2.39. The molecule has 0 fully saturated rings. The number of amidine groups is 2. The van der Waals surface area contributed by atoms with Gasteiger partial charge in [0.15, 0.2) is 11.7 Å². The second-order valence-corrected chi connectivity index (χ2v) is 13.2. The van der Waals surface area contributed by atoms with Gasteiger partial charge in [0.25, 0.3) is 0 Å². The molecule has 0 spiro atoms. The number of hydrogen-bond donors (Lipinski definition) is 1. The van der Waals surface area contributed by atoms with Gasteiger partial charge in [0.1, 0.15) is 0 Å². The molecule has 0 amide bonds. The molecule has 6 nitrogen and oxygen atoms in total. The maximum absolute atomic E-state index is 12.6. The lowest BCUT2D eigenvalue weighted by Gasteiger charge is -2.15. The minimum Gasteiger partial charge on any atom is -0.462 e. The van der Waals surface area contributed by atoms with Crippen molar-refractivity contribution >= 4 is 115 Å². The van der Waals surface area contributed by atoms with E-state index in [1.54, 1.807) is 24.3 Å². The molecule has 4 aromatic rings. The van der Waals surface area contributed by atoms with Gasteiger partial charge in [-0.05, 0) is 36.2 Å². The summed E-state index contributed by atoms with van der Waals surface area (Å²) < 4.78 is 3.66. The number of fused-ring (bicyclic) bond motifs is 3. The molecule has 1 aromatic heterocycles. The van der Waals surface area contributed by atoms with E-state index < -0.39 is 19.4 Å². The van der Waals surface area contributed by atoms with Gasteiger partial charge in [-0.15, -0.1) is 0 Å². The number of carbonyl (C=O) groups excluding carboxylic acids is 1. The number of carbonyl (C=O) groups is 1. The summed E-state index contributed by atoms with van der Waals surface area (Å²) in [5.74, 6) is -1.24. The van der Waals surface area contributed by atoms with E-state index in [1.807, 2.05) is 24.3 Å². The monoisotopic (exact) mass is 656 g/mol. The number of rotatable bonds is 7. The molecule has 0 saturated carbocycles. The Kier molecular flexibility index (Phi) is 9.61. The average molecular weight is 659 g/mol. The van der Waals surface area contributed by atoms with Gasteiger partial charge in [0.05, 0.1) is 17.9 Å². The molecular formula is C28H22Cl6N4O2. The number of benzene rings is 3. The van der Waals surface area contributed by atoms with Gasteiger partial charge < -0.3 is 15.0 Å². The topological polar surface area (TPSA) is 82.0 Å². The van der Waals surface area contributed by atoms with Gasteiger partial charge in [-0.1, -0.05) is 125 Å². The Morgan fingerprint density at radius 2 is 1.32 bits per heavy atom. The lowest BCUT2D eigenvalue weighted by molar-refractivity contribution is 0.0496. The number of aryl methyl sites for hydroxylation is 1. The predicted octanol–water partition coefficient (Wildman–Crippen LogP) is 8.51. The van der Waals surface area contributed by atoms with Crippen LogP contribution in [0.3, 0.4) is 0 Å². The third-order valence-corrected chi connectivity index (χ3v) is 6.99. The van der Waals surface area contributed by atoms with Crippen molar-refractivity contribution in [3.63, 3.8) is 0 Å². The summed E-state index contributed by atoms with van der Waals surface area (Å²) in [6.45, 7) is 4.82. The van der Waals surface area contributed by atoms with Gasteiger partial charge in [-0.25, -0.2) is 14.8 Å².